The molecule has 2 rings (SSSR count). The van der Waals surface area contributed by atoms with Crippen molar-refractivity contribution in [3.05, 3.63) is 46.5 Å². The molecule has 1 aromatic heterocycles. The van der Waals surface area contributed by atoms with Crippen molar-refractivity contribution < 1.29 is 10.0 Å². The Morgan fingerprint density at radius 2 is 2.18 bits per heavy atom. The zero-order valence-electron chi connectivity index (χ0n) is 8.80. The molecule has 7 heteroatoms. The van der Waals surface area contributed by atoms with Gasteiger partial charge >= 0.3 is 0 Å². The van der Waals surface area contributed by atoms with Gasteiger partial charge in [0, 0.05) is 18.1 Å². The number of aliphatic hydroxyl groups excluding tert-OH is 1. The van der Waals surface area contributed by atoms with Gasteiger partial charge in [0.05, 0.1) is 17.7 Å². The average molecular weight is 234 g/mol. The van der Waals surface area contributed by atoms with E-state index in [1.54, 1.807) is 24.5 Å². The Balaban J connectivity index is 2.22. The minimum atomic E-state index is -1.01. The summed E-state index contributed by atoms with van der Waals surface area (Å²) in [5.41, 5.74) is 0.555. The lowest BCUT2D eigenvalue weighted by Crippen LogP contribution is -2.34. The summed E-state index contributed by atoms with van der Waals surface area (Å²) >= 11 is 0. The summed E-state index contributed by atoms with van der Waals surface area (Å²) in [6.45, 7) is 0. The van der Waals surface area contributed by atoms with E-state index in [2.05, 4.69) is 9.98 Å². The van der Waals surface area contributed by atoms with Crippen molar-refractivity contribution in [2.24, 2.45) is 4.99 Å². The smallest absolute Gasteiger partial charge is 0.268 e. The predicted octanol–water partition coefficient (Wildman–Crippen LogP) is 0.756. The van der Waals surface area contributed by atoms with Crippen molar-refractivity contribution in [2.75, 3.05) is 4.90 Å². The van der Waals surface area contributed by atoms with Gasteiger partial charge < -0.3 is 10.0 Å². The standard InChI is InChI=1S/C10H10N4O3/c15-10-5-9(14(16)17)6-12-7-13(10)8-1-3-11-4-2-8/h1-4,6-7,10,15H,5H2/t10-/m0/s1. The van der Waals surface area contributed by atoms with Gasteiger partial charge in [-0.25, -0.2) is 4.99 Å². The lowest BCUT2D eigenvalue weighted by molar-refractivity contribution is -0.429. The normalized spacial score (nSPS) is 19.7. The average Bonchev–Trinajstić information content (AvgIpc) is 2.52. The van der Waals surface area contributed by atoms with Crippen molar-refractivity contribution in [3.63, 3.8) is 0 Å². The third-order valence-electron chi connectivity index (χ3n) is 2.32. The molecule has 1 aliphatic rings. The Morgan fingerprint density at radius 3 is 2.82 bits per heavy atom. The van der Waals surface area contributed by atoms with Gasteiger partial charge in [-0.1, -0.05) is 0 Å². The van der Waals surface area contributed by atoms with Crippen LogP contribution in [0.5, 0.6) is 0 Å². The summed E-state index contributed by atoms with van der Waals surface area (Å²) in [7, 11) is 0. The van der Waals surface area contributed by atoms with Crippen LogP contribution < -0.4 is 4.90 Å². The number of nitro groups is 1. The highest BCUT2D eigenvalue weighted by atomic mass is 16.6. The number of rotatable bonds is 2. The van der Waals surface area contributed by atoms with Crippen molar-refractivity contribution >= 4 is 12.0 Å². The second-order valence-corrected chi connectivity index (χ2v) is 3.44. The molecule has 0 saturated heterocycles. The van der Waals surface area contributed by atoms with Crippen LogP contribution in [-0.2, 0) is 0 Å². The summed E-state index contributed by atoms with van der Waals surface area (Å²) in [6.07, 6.45) is 4.54. The highest BCUT2D eigenvalue weighted by Gasteiger charge is 2.24. The van der Waals surface area contributed by atoms with E-state index in [9.17, 15) is 15.2 Å². The number of anilines is 1. The van der Waals surface area contributed by atoms with Crippen LogP contribution >= 0.6 is 0 Å². The number of pyridine rings is 1. The molecule has 1 atom stereocenters. The van der Waals surface area contributed by atoms with E-state index >= 15 is 0 Å². The number of aromatic nitrogens is 1. The van der Waals surface area contributed by atoms with Crippen molar-refractivity contribution in [1.82, 2.24) is 4.98 Å². The quantitative estimate of drug-likeness (QED) is 0.602. The fourth-order valence-corrected chi connectivity index (χ4v) is 1.48. The van der Waals surface area contributed by atoms with Crippen LogP contribution in [0.1, 0.15) is 6.42 Å². The molecule has 0 aromatic carbocycles. The second kappa shape index (κ2) is 4.71. The highest BCUT2D eigenvalue weighted by Crippen LogP contribution is 2.19. The summed E-state index contributed by atoms with van der Waals surface area (Å²) < 4.78 is 0. The molecule has 0 bridgehead atoms. The van der Waals surface area contributed by atoms with Gasteiger partial charge in [0.25, 0.3) is 5.70 Å². The first-order chi connectivity index (χ1) is 8.18. The van der Waals surface area contributed by atoms with Crippen molar-refractivity contribution in [1.29, 1.82) is 0 Å². The van der Waals surface area contributed by atoms with E-state index in [-0.39, 0.29) is 12.1 Å². The van der Waals surface area contributed by atoms with Gasteiger partial charge in [0.15, 0.2) is 0 Å². The summed E-state index contributed by atoms with van der Waals surface area (Å²) in [5, 5.41) is 20.5. The van der Waals surface area contributed by atoms with Crippen LogP contribution in [-0.4, -0.2) is 27.6 Å². The largest absolute Gasteiger partial charge is 0.373 e. The van der Waals surface area contributed by atoms with Crippen LogP contribution in [0, 0.1) is 10.1 Å². The first-order valence-electron chi connectivity index (χ1n) is 4.91. The number of hydrogen-bond acceptors (Lipinski definition) is 6. The maximum Gasteiger partial charge on any atom is 0.268 e. The maximum atomic E-state index is 10.6. The van der Waals surface area contributed by atoms with E-state index in [0.717, 1.165) is 6.20 Å². The molecular weight excluding hydrogens is 224 g/mol. The van der Waals surface area contributed by atoms with E-state index in [1.165, 1.54) is 11.2 Å². The molecule has 2 heterocycles. The monoisotopic (exact) mass is 234 g/mol. The van der Waals surface area contributed by atoms with Gasteiger partial charge in [-0.3, -0.25) is 15.1 Å². The molecular formula is C10H10N4O3. The van der Waals surface area contributed by atoms with Crippen LogP contribution in [0.15, 0.2) is 41.4 Å². The Labute approximate surface area is 96.9 Å². The zero-order valence-corrected chi connectivity index (χ0v) is 8.80. The molecule has 0 spiro atoms. The lowest BCUT2D eigenvalue weighted by Gasteiger charge is -2.23. The maximum absolute atomic E-state index is 10.6. The summed E-state index contributed by atoms with van der Waals surface area (Å²) in [6, 6.07) is 3.37. The molecule has 1 aromatic rings. The summed E-state index contributed by atoms with van der Waals surface area (Å²) in [4.78, 5) is 19.2. The van der Waals surface area contributed by atoms with Gasteiger partial charge in [-0.05, 0) is 12.1 Å². The van der Waals surface area contributed by atoms with Crippen LogP contribution in [0.3, 0.4) is 0 Å². The topological polar surface area (TPSA) is 91.9 Å². The number of aliphatic imine (C=N–C) groups is 1. The minimum Gasteiger partial charge on any atom is -0.373 e. The molecule has 1 aliphatic heterocycles. The third kappa shape index (κ3) is 2.45. The molecule has 1 N–H and O–H groups in total. The Bertz CT molecular complexity index is 472. The third-order valence-corrected chi connectivity index (χ3v) is 2.32. The molecule has 0 amide bonds. The van der Waals surface area contributed by atoms with Gasteiger partial charge in [-0.15, -0.1) is 0 Å². The Morgan fingerprint density at radius 1 is 1.47 bits per heavy atom. The first kappa shape index (κ1) is 11.2. The first-order valence-corrected chi connectivity index (χ1v) is 4.91. The molecule has 0 unspecified atom stereocenters. The van der Waals surface area contributed by atoms with E-state index in [0.29, 0.717) is 5.69 Å². The van der Waals surface area contributed by atoms with Crippen molar-refractivity contribution in [3.8, 4) is 0 Å². The molecule has 0 radical (unpaired) electrons. The lowest BCUT2D eigenvalue weighted by atomic mass is 10.2. The number of nitrogens with zero attached hydrogens (tertiary/aromatic N) is 4. The van der Waals surface area contributed by atoms with Gasteiger partial charge in [0.2, 0.25) is 0 Å². The van der Waals surface area contributed by atoms with Crippen LogP contribution in [0.2, 0.25) is 0 Å². The highest BCUT2D eigenvalue weighted by molar-refractivity contribution is 5.80. The molecule has 0 aliphatic carbocycles. The zero-order chi connectivity index (χ0) is 12.3. The molecule has 7 nitrogen and oxygen atoms in total. The number of hydrogen-bond donors (Lipinski definition) is 1. The van der Waals surface area contributed by atoms with Gasteiger partial charge in [-0.2, -0.15) is 0 Å². The molecule has 17 heavy (non-hydrogen) atoms. The summed E-state index contributed by atoms with van der Waals surface area (Å²) in [5.74, 6) is 0. The predicted molar refractivity (Wildman–Crippen MR) is 60.9 cm³/mol. The second-order valence-electron chi connectivity index (χ2n) is 3.44. The van der Waals surface area contributed by atoms with Gasteiger partial charge in [0.1, 0.15) is 12.4 Å². The van der Waals surface area contributed by atoms with E-state index < -0.39 is 11.2 Å². The molecule has 0 fully saturated rings. The molecule has 88 valence electrons. The fourth-order valence-electron chi connectivity index (χ4n) is 1.48. The van der Waals surface area contributed by atoms with E-state index in [4.69, 9.17) is 0 Å². The minimum absolute atomic E-state index is 0.0880. The number of aliphatic hydroxyl groups is 1. The Kier molecular flexibility index (Phi) is 3.10. The van der Waals surface area contributed by atoms with Crippen molar-refractivity contribution in [2.45, 2.75) is 12.6 Å². The van der Waals surface area contributed by atoms with Crippen LogP contribution in [0.25, 0.3) is 0 Å². The molecule has 0 saturated carbocycles. The Hall–Kier alpha value is -2.28. The fraction of sp³-hybridized carbons (Fsp3) is 0.200. The van der Waals surface area contributed by atoms with Crippen LogP contribution in [0.4, 0.5) is 5.69 Å². The van der Waals surface area contributed by atoms with E-state index in [1.807, 2.05) is 0 Å². The SMILES string of the molecule is O=[N+]([O-])C1=CN=CN(c2ccncc2)[C@@H](O)C1.